The second-order valence-corrected chi connectivity index (χ2v) is 5.90. The Bertz CT molecular complexity index is 912. The van der Waals surface area contributed by atoms with E-state index in [-0.39, 0.29) is 5.76 Å². The molecule has 0 bridgehead atoms. The van der Waals surface area contributed by atoms with Crippen molar-refractivity contribution >= 4 is 11.8 Å². The molecule has 1 aromatic heterocycles. The van der Waals surface area contributed by atoms with Crippen molar-refractivity contribution in [3.8, 4) is 11.3 Å². The first-order chi connectivity index (χ1) is 12.6. The van der Waals surface area contributed by atoms with Crippen LogP contribution < -0.4 is 10.9 Å². The molecule has 0 atom stereocenters. The van der Waals surface area contributed by atoms with E-state index in [4.69, 9.17) is 4.52 Å². The lowest BCUT2D eigenvalue weighted by atomic mass is 10.1. The standard InChI is InChI=1S/C20H19N3O3/c1-3-14-6-10-16(11-7-14)19(24)21-22-20(25)18-12-17(23-26-18)15-8-4-13(2)5-9-15/h4-12H,3H2,1-2H3,(H,21,24)(H,22,25). The summed E-state index contributed by atoms with van der Waals surface area (Å²) in [6.45, 7) is 4.03. The maximum atomic E-state index is 12.1. The fourth-order valence-electron chi connectivity index (χ4n) is 2.38. The summed E-state index contributed by atoms with van der Waals surface area (Å²) in [5.41, 5.74) is 8.81. The van der Waals surface area contributed by atoms with E-state index in [1.807, 2.05) is 50.2 Å². The van der Waals surface area contributed by atoms with Crippen LogP contribution in [0.4, 0.5) is 0 Å². The van der Waals surface area contributed by atoms with E-state index in [1.54, 1.807) is 12.1 Å². The van der Waals surface area contributed by atoms with Crippen molar-refractivity contribution in [2.45, 2.75) is 20.3 Å². The van der Waals surface area contributed by atoms with Gasteiger partial charge in [0.2, 0.25) is 5.76 Å². The number of benzene rings is 2. The van der Waals surface area contributed by atoms with Gasteiger partial charge >= 0.3 is 5.91 Å². The van der Waals surface area contributed by atoms with Gasteiger partial charge in [-0.15, -0.1) is 0 Å². The van der Waals surface area contributed by atoms with Gasteiger partial charge in [0.05, 0.1) is 0 Å². The first-order valence-electron chi connectivity index (χ1n) is 8.30. The molecule has 2 N–H and O–H groups in total. The molecule has 0 unspecified atom stereocenters. The predicted molar refractivity (Wildman–Crippen MR) is 97.4 cm³/mol. The SMILES string of the molecule is CCc1ccc(C(=O)NNC(=O)c2cc(-c3ccc(C)cc3)no2)cc1. The Morgan fingerprint density at radius 1 is 0.962 bits per heavy atom. The van der Waals surface area contributed by atoms with Crippen molar-refractivity contribution in [3.05, 3.63) is 77.0 Å². The van der Waals surface area contributed by atoms with E-state index in [1.165, 1.54) is 6.07 Å². The average Bonchev–Trinajstić information content (AvgIpc) is 3.16. The number of carbonyl (C=O) groups is 2. The van der Waals surface area contributed by atoms with Crippen LogP contribution in [0.2, 0.25) is 0 Å². The molecular weight excluding hydrogens is 330 g/mol. The molecule has 0 saturated heterocycles. The van der Waals surface area contributed by atoms with Crippen molar-refractivity contribution in [2.24, 2.45) is 0 Å². The maximum absolute atomic E-state index is 12.1. The first kappa shape index (κ1) is 17.4. The summed E-state index contributed by atoms with van der Waals surface area (Å²) >= 11 is 0. The van der Waals surface area contributed by atoms with Crippen LogP contribution in [0.15, 0.2) is 59.1 Å². The van der Waals surface area contributed by atoms with E-state index in [0.29, 0.717) is 11.3 Å². The van der Waals surface area contributed by atoms with Crippen LogP contribution in [0.5, 0.6) is 0 Å². The van der Waals surface area contributed by atoms with Crippen LogP contribution in [-0.4, -0.2) is 17.0 Å². The fourth-order valence-corrected chi connectivity index (χ4v) is 2.38. The lowest BCUT2D eigenvalue weighted by Gasteiger charge is -2.06. The van der Waals surface area contributed by atoms with Gasteiger partial charge in [-0.25, -0.2) is 0 Å². The second-order valence-electron chi connectivity index (χ2n) is 5.90. The Kier molecular flexibility index (Phi) is 5.12. The van der Waals surface area contributed by atoms with Gasteiger partial charge < -0.3 is 4.52 Å². The molecule has 0 aliphatic heterocycles. The zero-order chi connectivity index (χ0) is 18.5. The fraction of sp³-hybridized carbons (Fsp3) is 0.150. The number of nitrogens with one attached hydrogen (secondary N) is 2. The normalized spacial score (nSPS) is 10.4. The minimum atomic E-state index is -0.575. The molecule has 3 rings (SSSR count). The number of rotatable bonds is 4. The Hall–Kier alpha value is -3.41. The summed E-state index contributed by atoms with van der Waals surface area (Å²) in [7, 11) is 0. The Morgan fingerprint density at radius 2 is 1.62 bits per heavy atom. The van der Waals surface area contributed by atoms with Gasteiger partial charge in [0.15, 0.2) is 0 Å². The Balaban J connectivity index is 1.61. The van der Waals surface area contributed by atoms with Gasteiger partial charge in [0.1, 0.15) is 5.69 Å². The molecule has 3 aromatic rings. The smallest absolute Gasteiger partial charge is 0.308 e. The first-order valence-corrected chi connectivity index (χ1v) is 8.30. The number of hydrogen-bond acceptors (Lipinski definition) is 4. The van der Waals surface area contributed by atoms with Gasteiger partial charge in [-0.3, -0.25) is 20.4 Å². The number of aryl methyl sites for hydroxylation is 2. The highest BCUT2D eigenvalue weighted by Gasteiger charge is 2.15. The van der Waals surface area contributed by atoms with Crippen molar-refractivity contribution < 1.29 is 14.1 Å². The van der Waals surface area contributed by atoms with Crippen molar-refractivity contribution in [1.29, 1.82) is 0 Å². The van der Waals surface area contributed by atoms with E-state index in [2.05, 4.69) is 16.0 Å². The van der Waals surface area contributed by atoms with Gasteiger partial charge in [-0.2, -0.15) is 0 Å². The molecule has 26 heavy (non-hydrogen) atoms. The summed E-state index contributed by atoms with van der Waals surface area (Å²) < 4.78 is 5.07. The Morgan fingerprint density at radius 3 is 2.27 bits per heavy atom. The molecule has 0 fully saturated rings. The Labute approximate surface area is 151 Å². The number of nitrogens with zero attached hydrogens (tertiary/aromatic N) is 1. The van der Waals surface area contributed by atoms with E-state index in [0.717, 1.165) is 23.1 Å². The van der Waals surface area contributed by atoms with E-state index < -0.39 is 11.8 Å². The highest BCUT2D eigenvalue weighted by atomic mass is 16.5. The summed E-state index contributed by atoms with van der Waals surface area (Å²) in [6.07, 6.45) is 0.896. The molecule has 0 radical (unpaired) electrons. The summed E-state index contributed by atoms with van der Waals surface area (Å²) in [5.74, 6) is -0.962. The van der Waals surface area contributed by atoms with Crippen molar-refractivity contribution in [1.82, 2.24) is 16.0 Å². The molecular formula is C20H19N3O3. The number of carbonyl (C=O) groups excluding carboxylic acids is 2. The van der Waals surface area contributed by atoms with Gasteiger partial charge in [0.25, 0.3) is 5.91 Å². The van der Waals surface area contributed by atoms with Crippen LogP contribution in [0.1, 0.15) is 39.0 Å². The number of hydrazine groups is 1. The van der Waals surface area contributed by atoms with Crippen LogP contribution in [-0.2, 0) is 6.42 Å². The topological polar surface area (TPSA) is 84.2 Å². The highest BCUT2D eigenvalue weighted by Crippen LogP contribution is 2.19. The summed E-state index contributed by atoms with van der Waals surface area (Å²) in [4.78, 5) is 24.2. The zero-order valence-electron chi connectivity index (χ0n) is 14.6. The lowest BCUT2D eigenvalue weighted by molar-refractivity contribution is 0.0825. The highest BCUT2D eigenvalue weighted by molar-refractivity contribution is 5.98. The third-order valence-electron chi connectivity index (χ3n) is 4.00. The minimum absolute atomic E-state index is 0.0159. The maximum Gasteiger partial charge on any atom is 0.308 e. The molecule has 0 saturated carbocycles. The molecule has 0 aliphatic carbocycles. The molecule has 6 nitrogen and oxygen atoms in total. The zero-order valence-corrected chi connectivity index (χ0v) is 14.6. The van der Waals surface area contributed by atoms with Crippen LogP contribution in [0.3, 0.4) is 0 Å². The van der Waals surface area contributed by atoms with Gasteiger partial charge in [0, 0.05) is 17.2 Å². The molecule has 1 heterocycles. The predicted octanol–water partition coefficient (Wildman–Crippen LogP) is 3.29. The second kappa shape index (κ2) is 7.65. The van der Waals surface area contributed by atoms with E-state index >= 15 is 0 Å². The number of aromatic nitrogens is 1. The third-order valence-corrected chi connectivity index (χ3v) is 4.00. The van der Waals surface area contributed by atoms with Gasteiger partial charge in [-0.05, 0) is 31.0 Å². The summed E-state index contributed by atoms with van der Waals surface area (Å²) in [5, 5.41) is 3.89. The number of hydrogen-bond donors (Lipinski definition) is 2. The number of amides is 2. The van der Waals surface area contributed by atoms with Crippen molar-refractivity contribution in [3.63, 3.8) is 0 Å². The van der Waals surface area contributed by atoms with Crippen LogP contribution in [0.25, 0.3) is 11.3 Å². The van der Waals surface area contributed by atoms with Crippen LogP contribution in [0, 0.1) is 6.92 Å². The molecule has 0 spiro atoms. The average molecular weight is 349 g/mol. The largest absolute Gasteiger partial charge is 0.350 e. The van der Waals surface area contributed by atoms with Crippen molar-refractivity contribution in [2.75, 3.05) is 0 Å². The third kappa shape index (κ3) is 3.97. The molecule has 6 heteroatoms. The molecule has 2 amide bonds. The monoisotopic (exact) mass is 349 g/mol. The lowest BCUT2D eigenvalue weighted by Crippen LogP contribution is -2.41. The van der Waals surface area contributed by atoms with Crippen LogP contribution >= 0.6 is 0 Å². The summed E-state index contributed by atoms with van der Waals surface area (Å²) in [6, 6.07) is 16.4. The molecule has 132 valence electrons. The minimum Gasteiger partial charge on any atom is -0.350 e. The molecule has 0 aliphatic rings. The van der Waals surface area contributed by atoms with Gasteiger partial charge in [-0.1, -0.05) is 54.0 Å². The molecule has 2 aromatic carbocycles. The quantitative estimate of drug-likeness (QED) is 0.708. The van der Waals surface area contributed by atoms with E-state index in [9.17, 15) is 9.59 Å².